The minimum Gasteiger partial charge on any atom is -0.310 e. The van der Waals surface area contributed by atoms with Crippen LogP contribution >= 0.6 is 0 Å². The fourth-order valence-corrected chi connectivity index (χ4v) is 8.65. The van der Waals surface area contributed by atoms with Gasteiger partial charge in [0.1, 0.15) is 0 Å². The van der Waals surface area contributed by atoms with E-state index in [9.17, 15) is 0 Å². The second kappa shape index (κ2) is 12.3. The molecule has 1 aromatic heterocycles. The Labute approximate surface area is 311 Å². The van der Waals surface area contributed by atoms with Gasteiger partial charge in [-0.3, -0.25) is 0 Å². The molecule has 0 fully saturated rings. The highest BCUT2D eigenvalue weighted by molar-refractivity contribution is 6.10. The Morgan fingerprint density at radius 3 is 1.85 bits per heavy atom. The third-order valence-electron chi connectivity index (χ3n) is 11.4. The number of rotatable bonds is 6. The highest BCUT2D eigenvalue weighted by Crippen LogP contribution is 2.51. The third kappa shape index (κ3) is 5.12. The molecule has 0 saturated heterocycles. The van der Waals surface area contributed by atoms with Crippen molar-refractivity contribution in [1.82, 2.24) is 4.57 Å². The normalized spacial score (nSPS) is 14.2. The predicted octanol–water partition coefficient (Wildman–Crippen LogP) is 13.4. The molecule has 10 rings (SSSR count). The summed E-state index contributed by atoms with van der Waals surface area (Å²) in [4.78, 5) is 2.40. The first-order chi connectivity index (χ1) is 26.0. The van der Waals surface area contributed by atoms with E-state index in [1.165, 1.54) is 72.0 Å². The molecule has 0 radical (unpaired) electrons. The van der Waals surface area contributed by atoms with Crippen molar-refractivity contribution >= 4 is 44.4 Å². The molecule has 0 atom stereocenters. The quantitative estimate of drug-likeness (QED) is 0.159. The molecule has 0 aliphatic heterocycles. The number of allylic oxidation sites excluding steroid dienone is 2. The smallest absolute Gasteiger partial charge is 0.0541 e. The minimum atomic E-state index is -0.0508. The molecular weight excluding hydrogens is 641 g/mol. The molecule has 0 spiro atoms. The second-order valence-corrected chi connectivity index (χ2v) is 14.7. The number of nitrogens with zero attached hydrogens (tertiary/aromatic N) is 2. The zero-order valence-electron chi connectivity index (χ0n) is 30.0. The van der Waals surface area contributed by atoms with Gasteiger partial charge >= 0.3 is 0 Å². The first-order valence-corrected chi connectivity index (χ1v) is 18.6. The minimum absolute atomic E-state index is 0.0508. The highest BCUT2D eigenvalue weighted by Gasteiger charge is 2.38. The first kappa shape index (κ1) is 31.2. The summed E-state index contributed by atoms with van der Waals surface area (Å²) in [5.41, 5.74) is 17.2. The van der Waals surface area contributed by atoms with Gasteiger partial charge in [-0.05, 0) is 112 Å². The lowest BCUT2D eigenvalue weighted by Crippen LogP contribution is -2.18. The van der Waals surface area contributed by atoms with Crippen molar-refractivity contribution < 1.29 is 0 Å². The van der Waals surface area contributed by atoms with Crippen LogP contribution in [0.5, 0.6) is 0 Å². The molecule has 2 aliphatic carbocycles. The largest absolute Gasteiger partial charge is 0.310 e. The number of aromatic nitrogens is 1. The van der Waals surface area contributed by atoms with Gasteiger partial charge in [-0.15, -0.1) is 0 Å². The van der Waals surface area contributed by atoms with Gasteiger partial charge in [-0.25, -0.2) is 0 Å². The standard InChI is InChI=1S/C51H38N2/c1-51(2)47-19-11-9-17-43(47)44-31-30-42(34-48(44)51)52(40-26-21-36(22-27-40)35-13-5-3-6-14-35)41-28-23-37(24-29-41)38-25-32-50-46(33-38)45-18-10-12-20-49(45)53(50)39-15-7-4-8-16-39/h3-8,10,12-16,18,20-34H,11,19H2,1-2H3. The first-order valence-electron chi connectivity index (χ1n) is 18.6. The molecule has 2 heteroatoms. The lowest BCUT2D eigenvalue weighted by Gasteiger charge is -2.29. The fourth-order valence-electron chi connectivity index (χ4n) is 8.65. The van der Waals surface area contributed by atoms with E-state index in [1.54, 1.807) is 0 Å². The molecule has 53 heavy (non-hydrogen) atoms. The topological polar surface area (TPSA) is 8.17 Å². The molecule has 1 heterocycles. The predicted molar refractivity (Wildman–Crippen MR) is 223 cm³/mol. The second-order valence-electron chi connectivity index (χ2n) is 14.7. The number of para-hydroxylation sites is 2. The van der Waals surface area contributed by atoms with E-state index in [2.05, 4.69) is 205 Å². The number of fused-ring (bicyclic) bond motifs is 5. The van der Waals surface area contributed by atoms with Gasteiger partial charge in [0.2, 0.25) is 0 Å². The van der Waals surface area contributed by atoms with Gasteiger partial charge in [-0.1, -0.05) is 129 Å². The average molecular weight is 679 g/mol. The van der Waals surface area contributed by atoms with Crippen molar-refractivity contribution in [3.63, 3.8) is 0 Å². The van der Waals surface area contributed by atoms with Gasteiger partial charge in [-0.2, -0.15) is 0 Å². The van der Waals surface area contributed by atoms with Crippen molar-refractivity contribution in [2.45, 2.75) is 32.1 Å². The zero-order chi connectivity index (χ0) is 35.5. The summed E-state index contributed by atoms with van der Waals surface area (Å²) in [6, 6.07) is 61.9. The van der Waals surface area contributed by atoms with Crippen LogP contribution in [0.1, 0.15) is 37.8 Å². The van der Waals surface area contributed by atoms with Crippen LogP contribution in [0.4, 0.5) is 17.1 Å². The van der Waals surface area contributed by atoms with E-state index in [-0.39, 0.29) is 5.41 Å². The highest BCUT2D eigenvalue weighted by atomic mass is 15.1. The Hall–Kier alpha value is -6.56. The van der Waals surface area contributed by atoms with Gasteiger partial charge in [0.05, 0.1) is 11.0 Å². The molecule has 0 amide bonds. The van der Waals surface area contributed by atoms with Crippen LogP contribution in [-0.4, -0.2) is 4.57 Å². The summed E-state index contributed by atoms with van der Waals surface area (Å²) < 4.78 is 2.37. The summed E-state index contributed by atoms with van der Waals surface area (Å²) in [5, 5.41) is 2.52. The molecule has 0 N–H and O–H groups in total. The molecule has 7 aromatic carbocycles. The number of hydrogen-bond acceptors (Lipinski definition) is 1. The van der Waals surface area contributed by atoms with Crippen LogP contribution < -0.4 is 4.90 Å². The summed E-state index contributed by atoms with van der Waals surface area (Å²) >= 11 is 0. The maximum atomic E-state index is 3.49. The number of anilines is 3. The van der Waals surface area contributed by atoms with Crippen molar-refractivity contribution in [3.8, 4) is 39.8 Å². The van der Waals surface area contributed by atoms with E-state index in [0.29, 0.717) is 0 Å². The van der Waals surface area contributed by atoms with Crippen molar-refractivity contribution in [1.29, 1.82) is 0 Å². The molecule has 0 saturated carbocycles. The SMILES string of the molecule is CC1(C)C2=C(C#CCC2)c2ccc(N(c3ccc(-c4ccccc4)cc3)c3ccc(-c4ccc5c(c4)c4ccccc4n5-c4ccccc4)cc3)cc21. The van der Waals surface area contributed by atoms with Crippen LogP contribution in [0.2, 0.25) is 0 Å². The molecule has 2 aliphatic rings. The van der Waals surface area contributed by atoms with Crippen LogP contribution in [0, 0.1) is 11.8 Å². The Bertz CT molecular complexity index is 2770. The van der Waals surface area contributed by atoms with Crippen molar-refractivity contribution in [3.05, 3.63) is 187 Å². The van der Waals surface area contributed by atoms with Crippen LogP contribution in [-0.2, 0) is 5.41 Å². The molecule has 252 valence electrons. The Morgan fingerprint density at radius 2 is 1.11 bits per heavy atom. The van der Waals surface area contributed by atoms with Crippen molar-refractivity contribution in [2.24, 2.45) is 0 Å². The Kier molecular flexibility index (Phi) is 7.24. The lowest BCUT2D eigenvalue weighted by molar-refractivity contribution is 0.610. The molecule has 0 bridgehead atoms. The number of benzene rings is 7. The monoisotopic (exact) mass is 678 g/mol. The van der Waals surface area contributed by atoms with Crippen LogP contribution in [0.3, 0.4) is 0 Å². The third-order valence-corrected chi connectivity index (χ3v) is 11.4. The maximum absolute atomic E-state index is 3.49. The fraction of sp³-hybridized carbons (Fsp3) is 0.0980. The van der Waals surface area contributed by atoms with E-state index in [0.717, 1.165) is 29.9 Å². The number of hydrogen-bond donors (Lipinski definition) is 0. The lowest BCUT2D eigenvalue weighted by atomic mass is 9.79. The van der Waals surface area contributed by atoms with Gasteiger partial charge in [0.25, 0.3) is 0 Å². The molecule has 8 aromatic rings. The summed E-state index contributed by atoms with van der Waals surface area (Å²) in [5.74, 6) is 6.86. The van der Waals surface area contributed by atoms with Crippen LogP contribution in [0.25, 0.3) is 55.3 Å². The average Bonchev–Trinajstić information content (AvgIpc) is 3.67. The van der Waals surface area contributed by atoms with Crippen molar-refractivity contribution in [2.75, 3.05) is 4.90 Å². The Morgan fingerprint density at radius 1 is 0.528 bits per heavy atom. The maximum Gasteiger partial charge on any atom is 0.0541 e. The molecule has 2 nitrogen and oxygen atoms in total. The van der Waals surface area contributed by atoms with E-state index in [4.69, 9.17) is 0 Å². The summed E-state index contributed by atoms with van der Waals surface area (Å²) in [7, 11) is 0. The zero-order valence-corrected chi connectivity index (χ0v) is 30.0. The van der Waals surface area contributed by atoms with E-state index < -0.39 is 0 Å². The summed E-state index contributed by atoms with van der Waals surface area (Å²) in [6.07, 6.45) is 1.99. The Balaban J connectivity index is 1.06. The summed E-state index contributed by atoms with van der Waals surface area (Å²) in [6.45, 7) is 4.74. The van der Waals surface area contributed by atoms with E-state index >= 15 is 0 Å². The van der Waals surface area contributed by atoms with Gasteiger partial charge < -0.3 is 9.47 Å². The van der Waals surface area contributed by atoms with Gasteiger partial charge in [0, 0.05) is 50.9 Å². The van der Waals surface area contributed by atoms with Gasteiger partial charge in [0.15, 0.2) is 0 Å². The molecule has 0 unspecified atom stereocenters. The van der Waals surface area contributed by atoms with E-state index in [1.807, 2.05) is 0 Å². The van der Waals surface area contributed by atoms with Crippen LogP contribution in [0.15, 0.2) is 175 Å². The molecular formula is C51H38N2.